The SMILES string of the molecule is [2H]C([2H])([2H])Oc1cc(Br)ccc1O. The zero-order valence-corrected chi connectivity index (χ0v) is 6.55. The van der Waals surface area contributed by atoms with E-state index in [2.05, 4.69) is 20.7 Å². The lowest BCUT2D eigenvalue weighted by molar-refractivity contribution is 0.373. The smallest absolute Gasteiger partial charge is 0.161 e. The van der Waals surface area contributed by atoms with Crippen LogP contribution in [-0.4, -0.2) is 12.1 Å². The Hall–Kier alpha value is -0.700. The van der Waals surface area contributed by atoms with Crippen LogP contribution in [0.5, 0.6) is 11.5 Å². The molecule has 0 aromatic heterocycles. The Morgan fingerprint density at radius 1 is 1.70 bits per heavy atom. The van der Waals surface area contributed by atoms with Gasteiger partial charge in [-0.3, -0.25) is 0 Å². The molecule has 54 valence electrons. The lowest BCUT2D eigenvalue weighted by Crippen LogP contribution is -1.82. The van der Waals surface area contributed by atoms with Crippen LogP contribution in [0.1, 0.15) is 4.11 Å². The molecule has 0 radical (unpaired) electrons. The van der Waals surface area contributed by atoms with E-state index in [9.17, 15) is 5.11 Å². The maximum absolute atomic E-state index is 9.20. The van der Waals surface area contributed by atoms with E-state index in [0.717, 1.165) is 0 Å². The highest BCUT2D eigenvalue weighted by Gasteiger charge is 1.98. The summed E-state index contributed by atoms with van der Waals surface area (Å²) in [5, 5.41) is 9.20. The molecule has 0 atom stereocenters. The average Bonchev–Trinajstić information content (AvgIpc) is 1.94. The number of benzene rings is 1. The molecule has 0 heterocycles. The fraction of sp³-hybridized carbons (Fsp3) is 0.143. The molecule has 0 aliphatic carbocycles. The molecule has 0 amide bonds. The van der Waals surface area contributed by atoms with E-state index in [0.29, 0.717) is 4.47 Å². The van der Waals surface area contributed by atoms with Gasteiger partial charge in [0.25, 0.3) is 0 Å². The monoisotopic (exact) mass is 205 g/mol. The predicted molar refractivity (Wildman–Crippen MR) is 42.4 cm³/mol. The van der Waals surface area contributed by atoms with Crippen LogP contribution in [0.4, 0.5) is 0 Å². The van der Waals surface area contributed by atoms with E-state index in [1.54, 1.807) is 6.07 Å². The predicted octanol–water partition coefficient (Wildman–Crippen LogP) is 2.16. The van der Waals surface area contributed by atoms with Gasteiger partial charge in [0.15, 0.2) is 11.5 Å². The molecule has 0 saturated carbocycles. The van der Waals surface area contributed by atoms with Crippen molar-refractivity contribution in [3.05, 3.63) is 22.7 Å². The minimum atomic E-state index is -2.54. The summed E-state index contributed by atoms with van der Waals surface area (Å²) in [6, 6.07) is 4.33. The Kier molecular flexibility index (Phi) is 1.24. The second kappa shape index (κ2) is 2.92. The minimum absolute atomic E-state index is 0.0608. The van der Waals surface area contributed by atoms with Crippen molar-refractivity contribution < 1.29 is 14.0 Å². The molecule has 1 rings (SSSR count). The van der Waals surface area contributed by atoms with Crippen molar-refractivity contribution >= 4 is 15.9 Å². The van der Waals surface area contributed by atoms with Crippen LogP contribution in [0, 0.1) is 0 Å². The van der Waals surface area contributed by atoms with E-state index in [-0.39, 0.29) is 11.5 Å². The molecular weight excluding hydrogens is 196 g/mol. The normalized spacial score (nSPS) is 15.1. The van der Waals surface area contributed by atoms with Crippen molar-refractivity contribution in [3.8, 4) is 11.5 Å². The second-order valence-electron chi connectivity index (χ2n) is 1.71. The minimum Gasteiger partial charge on any atom is -0.504 e. The molecule has 0 bridgehead atoms. The second-order valence-corrected chi connectivity index (χ2v) is 2.63. The molecule has 0 aliphatic heterocycles. The van der Waals surface area contributed by atoms with Crippen molar-refractivity contribution in [1.82, 2.24) is 0 Å². The third-order valence-corrected chi connectivity index (χ3v) is 1.53. The lowest BCUT2D eigenvalue weighted by atomic mass is 10.3. The van der Waals surface area contributed by atoms with Crippen molar-refractivity contribution in [3.63, 3.8) is 0 Å². The molecule has 0 aliphatic rings. The van der Waals surface area contributed by atoms with E-state index < -0.39 is 7.04 Å². The molecule has 0 fully saturated rings. The highest BCUT2D eigenvalue weighted by Crippen LogP contribution is 2.28. The Labute approximate surface area is 71.8 Å². The van der Waals surface area contributed by atoms with E-state index in [4.69, 9.17) is 4.11 Å². The quantitative estimate of drug-likeness (QED) is 0.762. The molecule has 1 aromatic rings. The number of rotatable bonds is 1. The third kappa shape index (κ3) is 1.42. The van der Waals surface area contributed by atoms with E-state index in [1.807, 2.05) is 0 Å². The van der Waals surface area contributed by atoms with Crippen molar-refractivity contribution in [1.29, 1.82) is 0 Å². The zero-order chi connectivity index (χ0) is 10.1. The van der Waals surface area contributed by atoms with Crippen LogP contribution in [0.25, 0.3) is 0 Å². The molecule has 3 heteroatoms. The van der Waals surface area contributed by atoms with Crippen LogP contribution in [0.15, 0.2) is 22.7 Å². The highest BCUT2D eigenvalue weighted by atomic mass is 79.9. The van der Waals surface area contributed by atoms with E-state index in [1.165, 1.54) is 12.1 Å². The van der Waals surface area contributed by atoms with Gasteiger partial charge in [0.05, 0.1) is 11.2 Å². The maximum atomic E-state index is 9.20. The zero-order valence-electron chi connectivity index (χ0n) is 7.97. The van der Waals surface area contributed by atoms with Gasteiger partial charge in [0.2, 0.25) is 0 Å². The van der Waals surface area contributed by atoms with Crippen molar-refractivity contribution in [2.45, 2.75) is 0 Å². The Bertz CT molecular complexity index is 311. The Morgan fingerprint density at radius 2 is 2.50 bits per heavy atom. The number of phenols is 1. The van der Waals surface area contributed by atoms with Crippen LogP contribution >= 0.6 is 15.9 Å². The van der Waals surface area contributed by atoms with Crippen LogP contribution < -0.4 is 4.74 Å². The van der Waals surface area contributed by atoms with Gasteiger partial charge in [0.1, 0.15) is 0 Å². The summed E-state index contributed by atoms with van der Waals surface area (Å²) in [5.74, 6) is -0.256. The molecule has 0 unspecified atom stereocenters. The molecule has 0 saturated heterocycles. The number of hydrogen-bond donors (Lipinski definition) is 1. The lowest BCUT2D eigenvalue weighted by Gasteiger charge is -2.01. The van der Waals surface area contributed by atoms with Crippen molar-refractivity contribution in [2.75, 3.05) is 7.04 Å². The molecule has 1 N–H and O–H groups in total. The van der Waals surface area contributed by atoms with Crippen LogP contribution in [-0.2, 0) is 0 Å². The van der Waals surface area contributed by atoms with Crippen LogP contribution in [0.2, 0.25) is 0 Å². The van der Waals surface area contributed by atoms with Gasteiger partial charge in [0, 0.05) is 4.47 Å². The van der Waals surface area contributed by atoms with Gasteiger partial charge in [-0.15, -0.1) is 0 Å². The molecule has 0 spiro atoms. The Balaban J connectivity index is 2.94. The number of hydrogen-bond acceptors (Lipinski definition) is 2. The fourth-order valence-electron chi connectivity index (χ4n) is 0.570. The summed E-state index contributed by atoms with van der Waals surface area (Å²) in [4.78, 5) is 0. The first-order chi connectivity index (χ1) is 5.88. The number of methoxy groups -OCH3 is 1. The number of phenolic OH excluding ortho intramolecular Hbond substituents is 1. The first-order valence-electron chi connectivity index (χ1n) is 4.06. The van der Waals surface area contributed by atoms with Gasteiger partial charge in [-0.2, -0.15) is 0 Å². The molecule has 10 heavy (non-hydrogen) atoms. The maximum Gasteiger partial charge on any atom is 0.161 e. The first kappa shape index (κ1) is 4.23. The van der Waals surface area contributed by atoms with Gasteiger partial charge in [-0.25, -0.2) is 0 Å². The summed E-state index contributed by atoms with van der Waals surface area (Å²) < 4.78 is 25.6. The number of aromatic hydroxyl groups is 1. The summed E-state index contributed by atoms with van der Waals surface area (Å²) in [6.07, 6.45) is 0. The van der Waals surface area contributed by atoms with Gasteiger partial charge in [-0.1, -0.05) is 15.9 Å². The topological polar surface area (TPSA) is 29.5 Å². The largest absolute Gasteiger partial charge is 0.504 e. The average molecular weight is 206 g/mol. The highest BCUT2D eigenvalue weighted by molar-refractivity contribution is 9.10. The summed E-state index contributed by atoms with van der Waals surface area (Å²) in [6.45, 7) is 0. The fourth-order valence-corrected chi connectivity index (χ4v) is 0.910. The van der Waals surface area contributed by atoms with Crippen molar-refractivity contribution in [2.24, 2.45) is 0 Å². The van der Waals surface area contributed by atoms with E-state index >= 15 is 0 Å². The van der Waals surface area contributed by atoms with Gasteiger partial charge in [-0.05, 0) is 18.2 Å². The number of ether oxygens (including phenoxy) is 1. The summed E-state index contributed by atoms with van der Waals surface area (Å²) in [5.41, 5.74) is 0. The first-order valence-corrected chi connectivity index (χ1v) is 3.35. The molecule has 2 nitrogen and oxygen atoms in total. The third-order valence-electron chi connectivity index (χ3n) is 1.03. The van der Waals surface area contributed by atoms with Gasteiger partial charge >= 0.3 is 0 Å². The molecular formula is C7H7BrO2. The number of halogens is 1. The summed E-state index contributed by atoms with van der Waals surface area (Å²) in [7, 11) is -2.54. The Morgan fingerprint density at radius 3 is 3.20 bits per heavy atom. The summed E-state index contributed by atoms with van der Waals surface area (Å²) >= 11 is 3.13. The standard InChI is InChI=1S/C7H7BrO2/c1-10-7-4-5(8)2-3-6(7)9/h2-4,9H,1H3/i1D3. The molecule has 1 aromatic carbocycles. The van der Waals surface area contributed by atoms with Gasteiger partial charge < -0.3 is 9.84 Å². The van der Waals surface area contributed by atoms with Crippen LogP contribution in [0.3, 0.4) is 0 Å².